The summed E-state index contributed by atoms with van der Waals surface area (Å²) >= 11 is 0. The molecule has 0 unspecified atom stereocenters. The molecule has 7 nitrogen and oxygen atoms in total. The lowest BCUT2D eigenvalue weighted by molar-refractivity contribution is 0.102. The number of methoxy groups -OCH3 is 1. The predicted molar refractivity (Wildman–Crippen MR) is 93.7 cm³/mol. The van der Waals surface area contributed by atoms with Crippen LogP contribution in [-0.2, 0) is 11.3 Å². The van der Waals surface area contributed by atoms with Gasteiger partial charge in [0.05, 0.1) is 43.1 Å². The second kappa shape index (κ2) is 8.85. The molecule has 0 fully saturated rings. The SMILES string of the molecule is COCCOc1cc(C)ccc1NC(=O)c1cnn(CCC#N)c1C. The maximum Gasteiger partial charge on any atom is 0.259 e. The summed E-state index contributed by atoms with van der Waals surface area (Å²) < 4.78 is 12.3. The lowest BCUT2D eigenvalue weighted by Crippen LogP contribution is -2.15. The Kier molecular flexibility index (Phi) is 6.54. The number of hydrogen-bond acceptors (Lipinski definition) is 5. The number of nitriles is 1. The fourth-order valence-electron chi connectivity index (χ4n) is 2.33. The van der Waals surface area contributed by atoms with Crippen molar-refractivity contribution in [2.75, 3.05) is 25.6 Å². The fourth-order valence-corrected chi connectivity index (χ4v) is 2.33. The van der Waals surface area contributed by atoms with E-state index in [0.29, 0.717) is 43.2 Å². The van der Waals surface area contributed by atoms with E-state index in [1.807, 2.05) is 32.0 Å². The van der Waals surface area contributed by atoms with Crippen LogP contribution in [0.1, 0.15) is 28.0 Å². The van der Waals surface area contributed by atoms with Gasteiger partial charge in [-0.1, -0.05) is 6.07 Å². The van der Waals surface area contributed by atoms with Gasteiger partial charge in [0.15, 0.2) is 0 Å². The third kappa shape index (κ3) is 4.81. The molecule has 0 aliphatic carbocycles. The third-order valence-corrected chi connectivity index (χ3v) is 3.71. The first kappa shape index (κ1) is 18.5. The summed E-state index contributed by atoms with van der Waals surface area (Å²) in [4.78, 5) is 12.6. The van der Waals surface area contributed by atoms with E-state index in [2.05, 4.69) is 16.5 Å². The minimum absolute atomic E-state index is 0.263. The quantitative estimate of drug-likeness (QED) is 0.745. The first-order chi connectivity index (χ1) is 12.1. The molecule has 2 rings (SSSR count). The Bertz CT molecular complexity index is 777. The van der Waals surface area contributed by atoms with Crippen LogP contribution in [0.15, 0.2) is 24.4 Å². The highest BCUT2D eigenvalue weighted by molar-refractivity contribution is 6.05. The molecule has 1 N–H and O–H groups in total. The van der Waals surface area contributed by atoms with Crippen LogP contribution < -0.4 is 10.1 Å². The van der Waals surface area contributed by atoms with Gasteiger partial charge in [-0.05, 0) is 31.5 Å². The number of carbonyl (C=O) groups excluding carboxylic acids is 1. The summed E-state index contributed by atoms with van der Waals surface area (Å²) in [6, 6.07) is 7.66. The van der Waals surface area contributed by atoms with Crippen molar-refractivity contribution in [3.8, 4) is 11.8 Å². The van der Waals surface area contributed by atoms with E-state index in [9.17, 15) is 4.79 Å². The second-order valence-electron chi connectivity index (χ2n) is 5.57. The summed E-state index contributed by atoms with van der Waals surface area (Å²) in [5.74, 6) is 0.334. The molecular formula is C18H22N4O3. The van der Waals surface area contributed by atoms with E-state index in [1.165, 1.54) is 6.20 Å². The van der Waals surface area contributed by atoms with Gasteiger partial charge >= 0.3 is 0 Å². The molecule has 1 aromatic carbocycles. The molecule has 1 amide bonds. The van der Waals surface area contributed by atoms with Crippen molar-refractivity contribution in [3.05, 3.63) is 41.2 Å². The standard InChI is InChI=1S/C18H22N4O3/c1-13-5-6-16(17(11-13)25-10-9-24-3)21-18(23)15-12-20-22(14(15)2)8-4-7-19/h5-6,11-12H,4,8-10H2,1-3H3,(H,21,23). The molecule has 0 aliphatic heterocycles. The highest BCUT2D eigenvalue weighted by atomic mass is 16.5. The number of amides is 1. The molecule has 7 heteroatoms. The number of aromatic nitrogens is 2. The number of benzene rings is 1. The Labute approximate surface area is 147 Å². The van der Waals surface area contributed by atoms with Crippen LogP contribution in [0.5, 0.6) is 5.75 Å². The molecule has 25 heavy (non-hydrogen) atoms. The average molecular weight is 342 g/mol. The van der Waals surface area contributed by atoms with E-state index in [0.717, 1.165) is 11.3 Å². The number of nitrogens with zero attached hydrogens (tertiary/aromatic N) is 3. The van der Waals surface area contributed by atoms with E-state index in [4.69, 9.17) is 14.7 Å². The number of nitrogens with one attached hydrogen (secondary N) is 1. The van der Waals surface area contributed by atoms with Crippen LogP contribution in [0.4, 0.5) is 5.69 Å². The zero-order valence-electron chi connectivity index (χ0n) is 14.7. The summed E-state index contributed by atoms with van der Waals surface area (Å²) in [5, 5.41) is 15.7. The topological polar surface area (TPSA) is 89.2 Å². The molecule has 132 valence electrons. The zero-order chi connectivity index (χ0) is 18.2. The number of rotatable bonds is 8. The zero-order valence-corrected chi connectivity index (χ0v) is 14.7. The Morgan fingerprint density at radius 2 is 2.16 bits per heavy atom. The fraction of sp³-hybridized carbons (Fsp3) is 0.389. The number of aryl methyl sites for hydroxylation is 2. The van der Waals surface area contributed by atoms with Crippen LogP contribution >= 0.6 is 0 Å². The van der Waals surface area contributed by atoms with Crippen molar-refractivity contribution in [2.24, 2.45) is 0 Å². The Morgan fingerprint density at radius 1 is 1.36 bits per heavy atom. The lowest BCUT2D eigenvalue weighted by atomic mass is 10.2. The average Bonchev–Trinajstić information content (AvgIpc) is 2.96. The third-order valence-electron chi connectivity index (χ3n) is 3.71. The number of ether oxygens (including phenoxy) is 2. The smallest absolute Gasteiger partial charge is 0.259 e. The maximum absolute atomic E-state index is 12.6. The molecule has 0 saturated heterocycles. The van der Waals surface area contributed by atoms with Gasteiger partial charge < -0.3 is 14.8 Å². The second-order valence-corrected chi connectivity index (χ2v) is 5.57. The van der Waals surface area contributed by atoms with Crippen molar-refractivity contribution >= 4 is 11.6 Å². The van der Waals surface area contributed by atoms with Crippen LogP contribution in [0.3, 0.4) is 0 Å². The number of anilines is 1. The molecule has 1 heterocycles. The molecular weight excluding hydrogens is 320 g/mol. The van der Waals surface area contributed by atoms with Crippen molar-refractivity contribution in [2.45, 2.75) is 26.8 Å². The minimum atomic E-state index is -0.263. The van der Waals surface area contributed by atoms with Crippen molar-refractivity contribution in [3.63, 3.8) is 0 Å². The van der Waals surface area contributed by atoms with Gasteiger partial charge in [0.1, 0.15) is 12.4 Å². The molecule has 0 aliphatic rings. The number of hydrogen-bond donors (Lipinski definition) is 1. The van der Waals surface area contributed by atoms with Gasteiger partial charge in [0.25, 0.3) is 5.91 Å². The molecule has 2 aromatic rings. The van der Waals surface area contributed by atoms with Gasteiger partial charge in [-0.2, -0.15) is 10.4 Å². The van der Waals surface area contributed by atoms with Gasteiger partial charge in [0.2, 0.25) is 0 Å². The summed E-state index contributed by atoms with van der Waals surface area (Å²) in [6.07, 6.45) is 1.86. The first-order valence-corrected chi connectivity index (χ1v) is 8.00. The summed E-state index contributed by atoms with van der Waals surface area (Å²) in [5.41, 5.74) is 2.82. The molecule has 0 saturated carbocycles. The Morgan fingerprint density at radius 3 is 2.88 bits per heavy atom. The Hall–Kier alpha value is -2.85. The van der Waals surface area contributed by atoms with Crippen LogP contribution in [0.2, 0.25) is 0 Å². The van der Waals surface area contributed by atoms with E-state index in [1.54, 1.807) is 11.8 Å². The summed E-state index contributed by atoms with van der Waals surface area (Å²) in [6.45, 7) is 5.09. The van der Waals surface area contributed by atoms with Crippen LogP contribution in [-0.4, -0.2) is 36.0 Å². The molecule has 0 spiro atoms. The van der Waals surface area contributed by atoms with Crippen LogP contribution in [0.25, 0.3) is 0 Å². The highest BCUT2D eigenvalue weighted by Crippen LogP contribution is 2.26. The normalized spacial score (nSPS) is 10.3. The number of carbonyl (C=O) groups is 1. The van der Waals surface area contributed by atoms with Gasteiger partial charge in [-0.3, -0.25) is 9.48 Å². The summed E-state index contributed by atoms with van der Waals surface area (Å²) in [7, 11) is 1.61. The predicted octanol–water partition coefficient (Wildman–Crippen LogP) is 2.69. The van der Waals surface area contributed by atoms with Gasteiger partial charge in [-0.15, -0.1) is 0 Å². The lowest BCUT2D eigenvalue weighted by Gasteiger charge is -2.13. The van der Waals surface area contributed by atoms with E-state index >= 15 is 0 Å². The van der Waals surface area contributed by atoms with Gasteiger partial charge in [0, 0.05) is 12.8 Å². The largest absolute Gasteiger partial charge is 0.489 e. The highest BCUT2D eigenvalue weighted by Gasteiger charge is 2.16. The van der Waals surface area contributed by atoms with Crippen LogP contribution in [0, 0.1) is 25.2 Å². The Balaban J connectivity index is 2.15. The van der Waals surface area contributed by atoms with Crippen molar-refractivity contribution in [1.29, 1.82) is 5.26 Å². The molecule has 0 radical (unpaired) electrons. The monoisotopic (exact) mass is 342 g/mol. The van der Waals surface area contributed by atoms with Crippen molar-refractivity contribution in [1.82, 2.24) is 9.78 Å². The van der Waals surface area contributed by atoms with E-state index < -0.39 is 0 Å². The molecule has 1 aromatic heterocycles. The first-order valence-electron chi connectivity index (χ1n) is 8.00. The molecule has 0 bridgehead atoms. The molecule has 0 atom stereocenters. The van der Waals surface area contributed by atoms with E-state index in [-0.39, 0.29) is 5.91 Å². The maximum atomic E-state index is 12.6. The minimum Gasteiger partial charge on any atom is -0.489 e. The van der Waals surface area contributed by atoms with Crippen molar-refractivity contribution < 1.29 is 14.3 Å². The van der Waals surface area contributed by atoms with Gasteiger partial charge in [-0.25, -0.2) is 0 Å².